The maximum absolute atomic E-state index is 8.36. The molecule has 2 aromatic heterocycles. The van der Waals surface area contributed by atoms with E-state index in [-0.39, 0.29) is 6.47 Å². The molecule has 9 heteroatoms. The van der Waals surface area contributed by atoms with Crippen LogP contribution in [0.5, 0.6) is 5.75 Å². The summed E-state index contributed by atoms with van der Waals surface area (Å²) in [6.07, 6.45) is 4.77. The Kier molecular flexibility index (Phi) is 8.19. The summed E-state index contributed by atoms with van der Waals surface area (Å²) in [5.74, 6) is 1.71. The summed E-state index contributed by atoms with van der Waals surface area (Å²) in [4.78, 5) is 15.4. The molecule has 2 N–H and O–H groups in total. The van der Waals surface area contributed by atoms with Gasteiger partial charge in [-0.2, -0.15) is 5.10 Å². The highest BCUT2D eigenvalue weighted by molar-refractivity contribution is 5.67. The van der Waals surface area contributed by atoms with Crippen molar-refractivity contribution in [3.8, 4) is 22.8 Å². The minimum atomic E-state index is -0.250. The van der Waals surface area contributed by atoms with Gasteiger partial charge < -0.3 is 14.6 Å². The number of nitrogens with one attached hydrogen (secondary N) is 1. The Bertz CT molecular complexity index is 943. The average molecular weight is 428 g/mol. The van der Waals surface area contributed by atoms with Gasteiger partial charge in [-0.05, 0) is 32.4 Å². The highest BCUT2D eigenvalue weighted by atomic mass is 16.5. The molecule has 0 amide bonds. The predicted octanol–water partition coefficient (Wildman–Crippen LogP) is 2.68. The molecular formula is C22H29N5O4. The average Bonchev–Trinajstić information content (AvgIpc) is 3.38. The van der Waals surface area contributed by atoms with Crippen molar-refractivity contribution in [2.45, 2.75) is 20.3 Å². The van der Waals surface area contributed by atoms with Crippen LogP contribution in [0, 0.1) is 13.8 Å². The SMILES string of the molecule is Cc1n[nH]c(C)c1-n1ccnc1-c1ccccc1OCCCN1CCOCC1.O=CO. The van der Waals surface area contributed by atoms with Gasteiger partial charge in [0.1, 0.15) is 11.6 Å². The lowest BCUT2D eigenvalue weighted by molar-refractivity contribution is -0.122. The molecule has 3 heterocycles. The van der Waals surface area contributed by atoms with Crippen LogP contribution in [-0.4, -0.2) is 75.7 Å². The number of carbonyl (C=O) groups is 1. The maximum atomic E-state index is 8.36. The first-order valence-corrected chi connectivity index (χ1v) is 10.3. The Morgan fingerprint density at radius 1 is 1.26 bits per heavy atom. The highest BCUT2D eigenvalue weighted by Gasteiger charge is 2.17. The number of hydrogen-bond donors (Lipinski definition) is 2. The van der Waals surface area contributed by atoms with Crippen LogP contribution in [0.4, 0.5) is 0 Å². The Morgan fingerprint density at radius 2 is 2.00 bits per heavy atom. The number of benzene rings is 1. The summed E-state index contributed by atoms with van der Waals surface area (Å²) >= 11 is 0. The predicted molar refractivity (Wildman–Crippen MR) is 117 cm³/mol. The number of aryl methyl sites for hydroxylation is 2. The summed E-state index contributed by atoms with van der Waals surface area (Å²) in [5.41, 5.74) is 3.98. The summed E-state index contributed by atoms with van der Waals surface area (Å²) in [6.45, 7) is 9.17. The van der Waals surface area contributed by atoms with Crippen molar-refractivity contribution in [2.75, 3.05) is 39.5 Å². The zero-order valence-corrected chi connectivity index (χ0v) is 18.0. The molecule has 1 aromatic carbocycles. The molecule has 0 atom stereocenters. The van der Waals surface area contributed by atoms with Gasteiger partial charge in [-0.25, -0.2) is 4.98 Å². The molecule has 166 valence electrons. The number of hydrogen-bond acceptors (Lipinski definition) is 6. The number of aromatic nitrogens is 4. The maximum Gasteiger partial charge on any atom is 0.290 e. The minimum absolute atomic E-state index is 0.250. The van der Waals surface area contributed by atoms with Crippen molar-refractivity contribution in [1.29, 1.82) is 0 Å². The zero-order valence-electron chi connectivity index (χ0n) is 18.0. The van der Waals surface area contributed by atoms with E-state index >= 15 is 0 Å². The van der Waals surface area contributed by atoms with E-state index in [9.17, 15) is 0 Å². The van der Waals surface area contributed by atoms with E-state index in [0.29, 0.717) is 6.61 Å². The van der Waals surface area contributed by atoms with Gasteiger partial charge in [0, 0.05) is 32.0 Å². The number of para-hydroxylation sites is 1. The van der Waals surface area contributed by atoms with Crippen LogP contribution in [-0.2, 0) is 9.53 Å². The van der Waals surface area contributed by atoms with Gasteiger partial charge in [-0.15, -0.1) is 0 Å². The van der Waals surface area contributed by atoms with E-state index < -0.39 is 0 Å². The van der Waals surface area contributed by atoms with E-state index in [1.807, 2.05) is 44.4 Å². The molecule has 0 unspecified atom stereocenters. The molecule has 1 aliphatic rings. The fourth-order valence-corrected chi connectivity index (χ4v) is 3.66. The largest absolute Gasteiger partial charge is 0.493 e. The smallest absolute Gasteiger partial charge is 0.290 e. The normalized spacial score (nSPS) is 14.0. The van der Waals surface area contributed by atoms with Gasteiger partial charge in [0.25, 0.3) is 6.47 Å². The minimum Gasteiger partial charge on any atom is -0.493 e. The van der Waals surface area contributed by atoms with Gasteiger partial charge in [0.2, 0.25) is 0 Å². The van der Waals surface area contributed by atoms with Crippen LogP contribution in [0.25, 0.3) is 17.1 Å². The molecular weight excluding hydrogens is 398 g/mol. The zero-order chi connectivity index (χ0) is 22.1. The molecule has 3 aromatic rings. The lowest BCUT2D eigenvalue weighted by atomic mass is 10.1. The number of nitrogens with zero attached hydrogens (tertiary/aromatic N) is 4. The second kappa shape index (κ2) is 11.3. The third-order valence-electron chi connectivity index (χ3n) is 5.08. The van der Waals surface area contributed by atoms with Crippen molar-refractivity contribution in [1.82, 2.24) is 24.6 Å². The summed E-state index contributed by atoms with van der Waals surface area (Å²) in [7, 11) is 0. The van der Waals surface area contributed by atoms with Gasteiger partial charge in [0.15, 0.2) is 0 Å². The highest BCUT2D eigenvalue weighted by Crippen LogP contribution is 2.31. The summed E-state index contributed by atoms with van der Waals surface area (Å²) in [5, 5.41) is 14.3. The Hall–Kier alpha value is -3.17. The van der Waals surface area contributed by atoms with Crippen molar-refractivity contribution >= 4 is 6.47 Å². The second-order valence-corrected chi connectivity index (χ2v) is 7.16. The Labute approximate surface area is 181 Å². The van der Waals surface area contributed by atoms with Gasteiger partial charge in [-0.1, -0.05) is 12.1 Å². The lowest BCUT2D eigenvalue weighted by Crippen LogP contribution is -2.37. The van der Waals surface area contributed by atoms with Crippen LogP contribution >= 0.6 is 0 Å². The summed E-state index contributed by atoms with van der Waals surface area (Å²) < 4.78 is 13.6. The van der Waals surface area contributed by atoms with Crippen LogP contribution < -0.4 is 4.74 Å². The Morgan fingerprint density at radius 3 is 2.71 bits per heavy atom. The first-order chi connectivity index (χ1) is 15.2. The van der Waals surface area contributed by atoms with E-state index in [4.69, 9.17) is 19.4 Å². The van der Waals surface area contributed by atoms with E-state index in [2.05, 4.69) is 30.7 Å². The van der Waals surface area contributed by atoms with Crippen LogP contribution in [0.2, 0.25) is 0 Å². The van der Waals surface area contributed by atoms with E-state index in [1.165, 1.54) is 0 Å². The number of rotatable bonds is 7. The molecule has 1 fully saturated rings. The Balaban J connectivity index is 0.000000858. The van der Waals surface area contributed by atoms with Crippen molar-refractivity contribution < 1.29 is 19.4 Å². The standard InChI is InChI=1S/C21H27N5O2.CH2O2/c1-16-20(17(2)24-23-16)26-10-8-22-21(26)18-6-3-4-7-19(18)28-13-5-9-25-11-14-27-15-12-25;2-1-3/h3-4,6-8,10H,5,9,11-15H2,1-2H3,(H,23,24);1H,(H,2,3). The van der Waals surface area contributed by atoms with Crippen LogP contribution in [0.1, 0.15) is 17.8 Å². The molecule has 0 saturated carbocycles. The number of imidazole rings is 1. The number of H-pyrrole nitrogens is 1. The molecule has 0 spiro atoms. The molecule has 0 radical (unpaired) electrons. The van der Waals surface area contributed by atoms with E-state index in [1.54, 1.807) is 0 Å². The number of morpholine rings is 1. The molecule has 9 nitrogen and oxygen atoms in total. The summed E-state index contributed by atoms with van der Waals surface area (Å²) in [6, 6.07) is 8.09. The quantitative estimate of drug-likeness (QED) is 0.441. The molecule has 4 rings (SSSR count). The molecule has 0 aliphatic carbocycles. The topological polar surface area (TPSA) is 106 Å². The number of aromatic amines is 1. The number of ether oxygens (including phenoxy) is 2. The number of carboxylic acid groups (broad SMARTS) is 1. The van der Waals surface area contributed by atoms with Gasteiger partial charge in [-0.3, -0.25) is 19.4 Å². The fourth-order valence-electron chi connectivity index (χ4n) is 3.66. The van der Waals surface area contributed by atoms with E-state index in [0.717, 1.165) is 73.5 Å². The second-order valence-electron chi connectivity index (χ2n) is 7.16. The third-order valence-corrected chi connectivity index (χ3v) is 5.08. The van der Waals surface area contributed by atoms with Crippen LogP contribution in [0.15, 0.2) is 36.7 Å². The first-order valence-electron chi connectivity index (χ1n) is 10.3. The van der Waals surface area contributed by atoms with Crippen molar-refractivity contribution in [2.24, 2.45) is 0 Å². The fraction of sp³-hybridized carbons (Fsp3) is 0.409. The molecule has 1 saturated heterocycles. The molecule has 1 aliphatic heterocycles. The van der Waals surface area contributed by atoms with Crippen molar-refractivity contribution in [3.05, 3.63) is 48.0 Å². The van der Waals surface area contributed by atoms with Crippen molar-refractivity contribution in [3.63, 3.8) is 0 Å². The van der Waals surface area contributed by atoms with Gasteiger partial charge >= 0.3 is 0 Å². The molecule has 0 bridgehead atoms. The van der Waals surface area contributed by atoms with Gasteiger partial charge in [0.05, 0.1) is 42.5 Å². The van der Waals surface area contributed by atoms with Crippen LogP contribution in [0.3, 0.4) is 0 Å². The first kappa shape index (κ1) is 22.5. The monoisotopic (exact) mass is 427 g/mol. The molecule has 31 heavy (non-hydrogen) atoms. The third kappa shape index (κ3) is 5.71. The lowest BCUT2D eigenvalue weighted by Gasteiger charge is -2.26.